The van der Waals surface area contributed by atoms with Gasteiger partial charge in [-0.3, -0.25) is 0 Å². The summed E-state index contributed by atoms with van der Waals surface area (Å²) in [5, 5.41) is 0.181. The topological polar surface area (TPSA) is 87.2 Å². The second-order valence-corrected chi connectivity index (χ2v) is 13.5. The molecule has 2 fully saturated rings. The number of sulfonamides is 2. The van der Waals surface area contributed by atoms with Gasteiger partial charge in [-0.1, -0.05) is 36.2 Å². The van der Waals surface area contributed by atoms with Crippen molar-refractivity contribution in [3.63, 3.8) is 0 Å². The van der Waals surface area contributed by atoms with Crippen molar-refractivity contribution >= 4 is 48.9 Å². The van der Waals surface area contributed by atoms with Gasteiger partial charge in [0.25, 0.3) is 0 Å². The fourth-order valence-corrected chi connectivity index (χ4v) is 8.36. The molecule has 4 rings (SSSR count). The number of hydrogen-bond donors (Lipinski definition) is 0. The smallest absolute Gasteiger partial charge is 0.244 e. The summed E-state index contributed by atoms with van der Waals surface area (Å²) in [7, 11) is -5.94. The Kier molecular flexibility index (Phi) is 7.90. The molecule has 0 N–H and O–H groups in total. The molecule has 0 spiro atoms. The molecule has 0 radical (unpaired) electrons. The van der Waals surface area contributed by atoms with Crippen molar-refractivity contribution in [3.8, 4) is 5.75 Å². The van der Waals surface area contributed by atoms with Crippen molar-refractivity contribution in [3.05, 3.63) is 46.4 Å². The molecule has 0 aliphatic carbocycles. The van der Waals surface area contributed by atoms with E-state index in [2.05, 4.69) is 6.92 Å². The van der Waals surface area contributed by atoms with Crippen molar-refractivity contribution in [1.82, 2.24) is 8.61 Å². The number of ether oxygens (including phenoxy) is 1. The van der Waals surface area contributed by atoms with Crippen molar-refractivity contribution in [2.75, 3.05) is 51.3 Å². The van der Waals surface area contributed by atoms with Gasteiger partial charge < -0.3 is 9.64 Å². The minimum Gasteiger partial charge on any atom is -0.495 e. The van der Waals surface area contributed by atoms with E-state index in [0.29, 0.717) is 43.5 Å². The van der Waals surface area contributed by atoms with Gasteiger partial charge in [-0.2, -0.15) is 8.61 Å². The Labute approximate surface area is 217 Å². The van der Waals surface area contributed by atoms with E-state index in [1.54, 1.807) is 34.6 Å². The molecule has 8 nitrogen and oxygen atoms in total. The molecule has 2 aromatic carbocycles. The second kappa shape index (κ2) is 10.4. The predicted octanol–water partition coefficient (Wildman–Crippen LogP) is 3.93. The molecule has 2 saturated heterocycles. The van der Waals surface area contributed by atoms with Crippen LogP contribution in [0, 0.1) is 5.92 Å². The first-order valence-electron chi connectivity index (χ1n) is 11.4. The van der Waals surface area contributed by atoms with E-state index in [0.717, 1.165) is 12.8 Å². The Balaban J connectivity index is 1.56. The molecule has 192 valence electrons. The van der Waals surface area contributed by atoms with E-state index in [9.17, 15) is 16.8 Å². The summed E-state index contributed by atoms with van der Waals surface area (Å²) in [5.74, 6) is 0.851. The number of nitrogens with zero attached hydrogens (tertiary/aromatic N) is 3. The lowest BCUT2D eigenvalue weighted by Gasteiger charge is -2.36. The zero-order valence-electron chi connectivity index (χ0n) is 19.7. The zero-order valence-corrected chi connectivity index (χ0v) is 22.8. The van der Waals surface area contributed by atoms with Gasteiger partial charge in [0.05, 0.1) is 27.7 Å². The van der Waals surface area contributed by atoms with Gasteiger partial charge in [-0.15, -0.1) is 0 Å². The van der Waals surface area contributed by atoms with Gasteiger partial charge in [-0.05, 0) is 49.1 Å². The molecule has 2 heterocycles. The Bertz CT molecular complexity index is 1300. The summed E-state index contributed by atoms with van der Waals surface area (Å²) in [5.41, 5.74) is 0.622. The van der Waals surface area contributed by atoms with Crippen LogP contribution in [0.5, 0.6) is 5.75 Å². The molecule has 12 heteroatoms. The Hall–Kier alpha value is -1.56. The molecule has 2 aromatic rings. The maximum atomic E-state index is 13.3. The SMILES string of the molecule is COc1ccc(S(=O)(=O)N2CCCC(C)C2)cc1N1CCN(S(=O)(=O)c2cccc(Cl)c2Cl)CC1. The summed E-state index contributed by atoms with van der Waals surface area (Å²) in [6.45, 7) is 4.20. The molecule has 35 heavy (non-hydrogen) atoms. The van der Waals surface area contributed by atoms with Gasteiger partial charge in [0.2, 0.25) is 20.0 Å². The summed E-state index contributed by atoms with van der Waals surface area (Å²) < 4.78 is 61.4. The monoisotopic (exact) mass is 561 g/mol. The first-order chi connectivity index (χ1) is 16.6. The number of hydrogen-bond acceptors (Lipinski definition) is 6. The normalized spacial score (nSPS) is 20.7. The van der Waals surface area contributed by atoms with Crippen molar-refractivity contribution in [2.45, 2.75) is 29.6 Å². The largest absolute Gasteiger partial charge is 0.495 e. The van der Waals surface area contributed by atoms with Crippen LogP contribution in [0.1, 0.15) is 19.8 Å². The fourth-order valence-electron chi connectivity index (χ4n) is 4.58. The number of anilines is 1. The Morgan fingerprint density at radius 2 is 1.63 bits per heavy atom. The maximum absolute atomic E-state index is 13.3. The standard InChI is InChI=1S/C23H29Cl2N3O5S2/c1-17-5-4-10-28(16-17)34(29,30)18-8-9-21(33-2)20(15-18)26-11-13-27(14-12-26)35(31,32)22-7-3-6-19(24)23(22)25/h3,6-9,15,17H,4-5,10-14,16H2,1-2H3. The fraction of sp³-hybridized carbons (Fsp3) is 0.478. The highest BCUT2D eigenvalue weighted by molar-refractivity contribution is 7.89. The van der Waals surface area contributed by atoms with Gasteiger partial charge in [0.1, 0.15) is 10.6 Å². The highest BCUT2D eigenvalue weighted by Crippen LogP contribution is 2.35. The first-order valence-corrected chi connectivity index (χ1v) is 15.1. The van der Waals surface area contributed by atoms with E-state index in [-0.39, 0.29) is 32.9 Å². The molecular formula is C23H29Cl2N3O5S2. The van der Waals surface area contributed by atoms with Crippen LogP contribution >= 0.6 is 23.2 Å². The van der Waals surface area contributed by atoms with Crippen molar-refractivity contribution in [2.24, 2.45) is 5.92 Å². The Morgan fingerprint density at radius 1 is 0.914 bits per heavy atom. The summed E-state index contributed by atoms with van der Waals surface area (Å²) in [4.78, 5) is 2.13. The van der Waals surface area contributed by atoms with Gasteiger partial charge in [-0.25, -0.2) is 16.8 Å². The van der Waals surface area contributed by atoms with Crippen molar-refractivity contribution < 1.29 is 21.6 Å². The molecule has 1 unspecified atom stereocenters. The minimum atomic E-state index is -3.83. The lowest BCUT2D eigenvalue weighted by atomic mass is 10.0. The summed E-state index contributed by atoms with van der Waals surface area (Å²) >= 11 is 12.2. The van der Waals surface area contributed by atoms with Gasteiger partial charge in [0.15, 0.2) is 0 Å². The van der Waals surface area contributed by atoms with Crippen LogP contribution in [0.15, 0.2) is 46.2 Å². The highest BCUT2D eigenvalue weighted by Gasteiger charge is 2.33. The number of methoxy groups -OCH3 is 1. The average molecular weight is 563 g/mol. The molecule has 2 aliphatic heterocycles. The number of halogens is 2. The predicted molar refractivity (Wildman–Crippen MR) is 138 cm³/mol. The molecule has 0 aromatic heterocycles. The molecule has 0 saturated carbocycles. The second-order valence-electron chi connectivity index (χ2n) is 8.89. The quantitative estimate of drug-likeness (QED) is 0.531. The first kappa shape index (κ1) is 26.5. The van der Waals surface area contributed by atoms with E-state index in [1.807, 2.05) is 4.90 Å². The van der Waals surface area contributed by atoms with Crippen LogP contribution in [0.4, 0.5) is 5.69 Å². The molecular weight excluding hydrogens is 533 g/mol. The minimum absolute atomic E-state index is 0.00297. The van der Waals surface area contributed by atoms with Crippen LogP contribution in [-0.4, -0.2) is 71.8 Å². The number of piperidine rings is 1. The average Bonchev–Trinajstić information content (AvgIpc) is 2.85. The number of piperazine rings is 1. The Morgan fingerprint density at radius 3 is 2.29 bits per heavy atom. The van der Waals surface area contributed by atoms with E-state index >= 15 is 0 Å². The summed E-state index contributed by atoms with van der Waals surface area (Å²) in [6, 6.07) is 9.39. The van der Waals surface area contributed by atoms with E-state index in [1.165, 1.54) is 17.5 Å². The molecule has 0 bridgehead atoms. The van der Waals surface area contributed by atoms with Crippen molar-refractivity contribution in [1.29, 1.82) is 0 Å². The number of rotatable bonds is 6. The van der Waals surface area contributed by atoms with Crippen LogP contribution in [0.25, 0.3) is 0 Å². The third-order valence-electron chi connectivity index (χ3n) is 6.52. The summed E-state index contributed by atoms with van der Waals surface area (Å²) in [6.07, 6.45) is 1.87. The lowest BCUT2D eigenvalue weighted by molar-refractivity contribution is 0.281. The lowest BCUT2D eigenvalue weighted by Crippen LogP contribution is -2.48. The molecule has 2 aliphatic rings. The van der Waals surface area contributed by atoms with Gasteiger partial charge >= 0.3 is 0 Å². The zero-order chi connectivity index (χ0) is 25.4. The van der Waals surface area contributed by atoms with Crippen LogP contribution in [0.3, 0.4) is 0 Å². The molecule has 1 atom stereocenters. The number of benzene rings is 2. The van der Waals surface area contributed by atoms with Crippen LogP contribution < -0.4 is 9.64 Å². The molecule has 0 amide bonds. The van der Waals surface area contributed by atoms with Crippen LogP contribution in [0.2, 0.25) is 10.0 Å². The van der Waals surface area contributed by atoms with E-state index < -0.39 is 20.0 Å². The van der Waals surface area contributed by atoms with E-state index in [4.69, 9.17) is 27.9 Å². The third-order valence-corrected chi connectivity index (χ3v) is 11.3. The third kappa shape index (κ3) is 5.28. The maximum Gasteiger partial charge on any atom is 0.244 e. The van der Waals surface area contributed by atoms with Gasteiger partial charge in [0, 0.05) is 39.3 Å². The highest BCUT2D eigenvalue weighted by atomic mass is 35.5. The van der Waals surface area contributed by atoms with Crippen LogP contribution in [-0.2, 0) is 20.0 Å².